The summed E-state index contributed by atoms with van der Waals surface area (Å²) in [5.74, 6) is 0.320. The number of rotatable bonds is 3. The van der Waals surface area contributed by atoms with Gasteiger partial charge < -0.3 is 10.1 Å². The molecule has 1 fully saturated rings. The molecule has 7 heteroatoms. The highest BCUT2D eigenvalue weighted by Gasteiger charge is 2.28. The van der Waals surface area contributed by atoms with Crippen LogP contribution in [0.1, 0.15) is 27.2 Å². The van der Waals surface area contributed by atoms with Gasteiger partial charge >= 0.3 is 6.09 Å². The molecule has 0 aliphatic carbocycles. The second-order valence-corrected chi connectivity index (χ2v) is 8.65. The number of hydrogen-bond donors (Lipinski definition) is 2. The van der Waals surface area contributed by atoms with Crippen LogP contribution in [-0.4, -0.2) is 37.7 Å². The van der Waals surface area contributed by atoms with Crippen molar-refractivity contribution in [3.8, 4) is 0 Å². The Morgan fingerprint density at radius 3 is 2.41 bits per heavy atom. The summed E-state index contributed by atoms with van der Waals surface area (Å²) in [5, 5.41) is 5.87. The molecule has 1 aliphatic rings. The van der Waals surface area contributed by atoms with Gasteiger partial charge in [0.2, 0.25) is 0 Å². The van der Waals surface area contributed by atoms with Crippen molar-refractivity contribution in [3.63, 3.8) is 0 Å². The predicted octanol–water partition coefficient (Wildman–Crippen LogP) is 2.63. The fraction of sp³-hybridized carbons (Fsp3) is 0.533. The van der Waals surface area contributed by atoms with E-state index in [1.54, 1.807) is 39.0 Å². The van der Waals surface area contributed by atoms with Crippen molar-refractivity contribution < 1.29 is 17.9 Å². The lowest BCUT2D eigenvalue weighted by molar-refractivity contribution is 0.0636. The monoisotopic (exact) mass is 326 g/mol. The number of anilines is 2. The molecule has 1 atom stereocenters. The van der Waals surface area contributed by atoms with Gasteiger partial charge in [0, 0.05) is 6.04 Å². The number of sulfone groups is 1. The minimum Gasteiger partial charge on any atom is -0.444 e. The predicted molar refractivity (Wildman–Crippen MR) is 87.0 cm³/mol. The molecule has 2 N–H and O–H groups in total. The first kappa shape index (κ1) is 16.6. The molecular formula is C15H22N2O4S. The van der Waals surface area contributed by atoms with Gasteiger partial charge in [-0.25, -0.2) is 13.2 Å². The quantitative estimate of drug-likeness (QED) is 0.892. The standard InChI is InChI=1S/C15H22N2O4S/c1-15(2,3)21-14(18)17-13-7-5-4-6-12(13)16-11-8-9-22(19,20)10-11/h4-7,11,16H,8-10H2,1-3H3,(H,17,18). The SMILES string of the molecule is CC(C)(C)OC(=O)Nc1ccccc1NC1CCS(=O)(=O)C1. The van der Waals surface area contributed by atoms with Crippen molar-refractivity contribution in [2.24, 2.45) is 0 Å². The van der Waals surface area contributed by atoms with Gasteiger partial charge in [-0.15, -0.1) is 0 Å². The summed E-state index contributed by atoms with van der Waals surface area (Å²) >= 11 is 0. The van der Waals surface area contributed by atoms with E-state index in [4.69, 9.17) is 4.74 Å². The van der Waals surface area contributed by atoms with Crippen LogP contribution in [0, 0.1) is 0 Å². The number of hydrogen-bond acceptors (Lipinski definition) is 5. The summed E-state index contributed by atoms with van der Waals surface area (Å²) in [6, 6.07) is 7.04. The lowest BCUT2D eigenvalue weighted by atomic mass is 10.2. The summed E-state index contributed by atoms with van der Waals surface area (Å²) in [7, 11) is -2.95. The molecule has 1 amide bonds. The fourth-order valence-electron chi connectivity index (χ4n) is 2.26. The molecule has 0 bridgehead atoms. The van der Waals surface area contributed by atoms with Crippen molar-refractivity contribution >= 4 is 27.3 Å². The Bertz CT molecular complexity index is 650. The van der Waals surface area contributed by atoms with Gasteiger partial charge in [-0.3, -0.25) is 5.32 Å². The normalized spacial score (nSPS) is 20.4. The Kier molecular flexibility index (Phi) is 4.65. The third-order valence-corrected chi connectivity index (χ3v) is 4.92. The smallest absolute Gasteiger partial charge is 0.412 e. The highest BCUT2D eigenvalue weighted by molar-refractivity contribution is 7.91. The third-order valence-electron chi connectivity index (χ3n) is 3.15. The molecule has 1 unspecified atom stereocenters. The van der Waals surface area contributed by atoms with Crippen LogP contribution in [0.2, 0.25) is 0 Å². The molecule has 0 saturated carbocycles. The van der Waals surface area contributed by atoms with Gasteiger partial charge in [-0.1, -0.05) is 12.1 Å². The van der Waals surface area contributed by atoms with Crippen molar-refractivity contribution in [3.05, 3.63) is 24.3 Å². The van der Waals surface area contributed by atoms with E-state index in [9.17, 15) is 13.2 Å². The number of nitrogens with one attached hydrogen (secondary N) is 2. The number of benzene rings is 1. The van der Waals surface area contributed by atoms with Crippen LogP contribution >= 0.6 is 0 Å². The zero-order valence-electron chi connectivity index (χ0n) is 13.0. The number of carbonyl (C=O) groups is 1. The Balaban J connectivity index is 2.06. The Morgan fingerprint density at radius 1 is 1.23 bits per heavy atom. The highest BCUT2D eigenvalue weighted by Crippen LogP contribution is 2.25. The summed E-state index contributed by atoms with van der Waals surface area (Å²) in [6.07, 6.45) is 0.0316. The lowest BCUT2D eigenvalue weighted by Gasteiger charge is -2.21. The Hall–Kier alpha value is -1.76. The molecule has 1 aromatic carbocycles. The summed E-state index contributed by atoms with van der Waals surface area (Å²) < 4.78 is 28.3. The molecule has 1 aromatic rings. The van der Waals surface area contributed by atoms with Crippen molar-refractivity contribution in [1.82, 2.24) is 0 Å². The Labute approximate surface area is 131 Å². The first-order chi connectivity index (χ1) is 10.1. The van der Waals surface area contributed by atoms with Gasteiger partial charge in [-0.05, 0) is 39.3 Å². The second-order valence-electron chi connectivity index (χ2n) is 6.42. The molecule has 0 spiro atoms. The molecule has 6 nitrogen and oxygen atoms in total. The van der Waals surface area contributed by atoms with Crippen molar-refractivity contribution in [2.75, 3.05) is 22.1 Å². The third kappa shape index (κ3) is 4.91. The van der Waals surface area contributed by atoms with E-state index in [-0.39, 0.29) is 17.5 Å². The van der Waals surface area contributed by atoms with Crippen LogP contribution < -0.4 is 10.6 Å². The molecule has 0 aromatic heterocycles. The van der Waals surface area contributed by atoms with E-state index in [1.807, 2.05) is 6.07 Å². The van der Waals surface area contributed by atoms with Crippen LogP contribution in [0.3, 0.4) is 0 Å². The maximum Gasteiger partial charge on any atom is 0.412 e. The van der Waals surface area contributed by atoms with Crippen LogP contribution in [0.25, 0.3) is 0 Å². The lowest BCUT2D eigenvalue weighted by Crippen LogP contribution is -2.28. The average molecular weight is 326 g/mol. The van der Waals surface area contributed by atoms with E-state index in [0.29, 0.717) is 17.8 Å². The van der Waals surface area contributed by atoms with Gasteiger partial charge in [0.05, 0.1) is 22.9 Å². The first-order valence-corrected chi connectivity index (χ1v) is 9.03. The molecule has 122 valence electrons. The summed E-state index contributed by atoms with van der Waals surface area (Å²) in [6.45, 7) is 5.38. The number of ether oxygens (including phenoxy) is 1. The molecule has 22 heavy (non-hydrogen) atoms. The number of amides is 1. The van der Waals surface area contributed by atoms with Crippen LogP contribution in [0.5, 0.6) is 0 Å². The summed E-state index contributed by atoms with van der Waals surface area (Å²) in [4.78, 5) is 11.9. The van der Waals surface area contributed by atoms with Gasteiger partial charge in [0.15, 0.2) is 9.84 Å². The molecule has 2 rings (SSSR count). The molecule has 1 heterocycles. The van der Waals surface area contributed by atoms with Crippen molar-refractivity contribution in [1.29, 1.82) is 0 Å². The summed E-state index contributed by atoms with van der Waals surface area (Å²) in [5.41, 5.74) is 0.683. The maximum atomic E-state index is 11.9. The van der Waals surface area contributed by atoms with Crippen LogP contribution in [-0.2, 0) is 14.6 Å². The van der Waals surface area contributed by atoms with Crippen LogP contribution in [0.4, 0.5) is 16.2 Å². The largest absolute Gasteiger partial charge is 0.444 e. The second kappa shape index (κ2) is 6.16. The van der Waals surface area contributed by atoms with E-state index < -0.39 is 21.5 Å². The average Bonchev–Trinajstić information content (AvgIpc) is 2.69. The topological polar surface area (TPSA) is 84.5 Å². The van der Waals surface area contributed by atoms with E-state index >= 15 is 0 Å². The van der Waals surface area contributed by atoms with E-state index in [1.165, 1.54) is 0 Å². The minimum absolute atomic E-state index is 0.119. The van der Waals surface area contributed by atoms with Gasteiger partial charge in [0.1, 0.15) is 5.60 Å². The highest BCUT2D eigenvalue weighted by atomic mass is 32.2. The minimum atomic E-state index is -2.95. The number of para-hydroxylation sites is 2. The number of carbonyl (C=O) groups excluding carboxylic acids is 1. The molecular weight excluding hydrogens is 304 g/mol. The molecule has 1 saturated heterocycles. The fourth-order valence-corrected chi connectivity index (χ4v) is 3.93. The molecule has 0 radical (unpaired) electrons. The molecule has 1 aliphatic heterocycles. The zero-order valence-corrected chi connectivity index (χ0v) is 13.9. The first-order valence-electron chi connectivity index (χ1n) is 7.21. The maximum absolute atomic E-state index is 11.9. The zero-order chi connectivity index (χ0) is 16.4. The Morgan fingerprint density at radius 2 is 1.86 bits per heavy atom. The van der Waals surface area contributed by atoms with Crippen LogP contribution in [0.15, 0.2) is 24.3 Å². The van der Waals surface area contributed by atoms with Gasteiger partial charge in [0.25, 0.3) is 0 Å². The van der Waals surface area contributed by atoms with E-state index in [2.05, 4.69) is 10.6 Å². The van der Waals surface area contributed by atoms with Crippen molar-refractivity contribution in [2.45, 2.75) is 38.8 Å². The van der Waals surface area contributed by atoms with E-state index in [0.717, 1.165) is 0 Å². The van der Waals surface area contributed by atoms with Gasteiger partial charge in [-0.2, -0.15) is 0 Å².